The van der Waals surface area contributed by atoms with Crippen molar-refractivity contribution in [2.75, 3.05) is 30.4 Å². The molecule has 25 heavy (non-hydrogen) atoms. The highest BCUT2D eigenvalue weighted by Crippen LogP contribution is 2.39. The van der Waals surface area contributed by atoms with Crippen LogP contribution in [0.25, 0.3) is 0 Å². The molecule has 2 aliphatic heterocycles. The fourth-order valence-electron chi connectivity index (χ4n) is 3.18. The number of amides is 1. The van der Waals surface area contributed by atoms with E-state index in [1.807, 2.05) is 35.2 Å². The van der Waals surface area contributed by atoms with Crippen LogP contribution in [0.3, 0.4) is 0 Å². The van der Waals surface area contributed by atoms with Crippen LogP contribution in [-0.2, 0) is 17.0 Å². The van der Waals surface area contributed by atoms with Gasteiger partial charge in [-0.15, -0.1) is 11.8 Å². The lowest BCUT2D eigenvalue weighted by Gasteiger charge is -2.20. The molecular formula is C19H18ClNO3S. The van der Waals surface area contributed by atoms with Crippen molar-refractivity contribution in [3.05, 3.63) is 52.5 Å². The van der Waals surface area contributed by atoms with E-state index in [2.05, 4.69) is 6.07 Å². The average Bonchev–Trinajstić information content (AvgIpc) is 3.06. The Morgan fingerprint density at radius 1 is 1.20 bits per heavy atom. The molecule has 0 fully saturated rings. The highest BCUT2D eigenvalue weighted by Gasteiger charge is 2.24. The zero-order chi connectivity index (χ0) is 17.2. The summed E-state index contributed by atoms with van der Waals surface area (Å²) in [7, 11) is 0. The summed E-state index contributed by atoms with van der Waals surface area (Å²) in [6.45, 7) is 1.83. The molecule has 0 radical (unpaired) electrons. The number of nitrogens with zero attached hydrogens (tertiary/aromatic N) is 1. The fourth-order valence-corrected chi connectivity index (χ4v) is 4.30. The number of carbonyl (C=O) groups is 1. The van der Waals surface area contributed by atoms with E-state index < -0.39 is 0 Å². The third-order valence-electron chi connectivity index (χ3n) is 4.34. The summed E-state index contributed by atoms with van der Waals surface area (Å²) in [4.78, 5) is 14.4. The molecule has 0 atom stereocenters. The minimum atomic E-state index is 0.151. The second kappa shape index (κ2) is 7.18. The smallest absolute Gasteiger partial charge is 0.237 e. The maximum atomic E-state index is 12.5. The first-order valence-electron chi connectivity index (χ1n) is 8.26. The molecule has 0 saturated carbocycles. The summed E-state index contributed by atoms with van der Waals surface area (Å²) in [5.41, 5.74) is 3.34. The number of carbonyl (C=O) groups excluding carboxylic acids is 1. The number of hydrogen-bond donors (Lipinski definition) is 0. The van der Waals surface area contributed by atoms with E-state index in [9.17, 15) is 4.79 Å². The number of halogens is 1. The number of rotatable bonds is 4. The van der Waals surface area contributed by atoms with Crippen molar-refractivity contribution >= 4 is 35.0 Å². The highest BCUT2D eigenvalue weighted by atomic mass is 35.5. The second-order valence-corrected chi connectivity index (χ2v) is 7.41. The monoisotopic (exact) mass is 375 g/mol. The minimum Gasteiger partial charge on any atom is -0.486 e. The van der Waals surface area contributed by atoms with Crippen LogP contribution >= 0.6 is 23.4 Å². The molecular weight excluding hydrogens is 358 g/mol. The zero-order valence-electron chi connectivity index (χ0n) is 13.7. The maximum absolute atomic E-state index is 12.5. The lowest BCUT2D eigenvalue weighted by molar-refractivity contribution is -0.116. The predicted molar refractivity (Wildman–Crippen MR) is 101 cm³/mol. The Morgan fingerprint density at radius 2 is 2.04 bits per heavy atom. The van der Waals surface area contributed by atoms with Gasteiger partial charge in [0.15, 0.2) is 11.5 Å². The van der Waals surface area contributed by atoms with Gasteiger partial charge in [-0.05, 0) is 35.7 Å². The van der Waals surface area contributed by atoms with Crippen LogP contribution in [0.5, 0.6) is 11.5 Å². The molecule has 0 N–H and O–H groups in total. The molecule has 1 amide bonds. The first-order valence-corrected chi connectivity index (χ1v) is 9.79. The van der Waals surface area contributed by atoms with Crippen LogP contribution in [-0.4, -0.2) is 31.4 Å². The van der Waals surface area contributed by atoms with E-state index in [4.69, 9.17) is 21.1 Å². The molecule has 0 saturated heterocycles. The largest absolute Gasteiger partial charge is 0.486 e. The van der Waals surface area contributed by atoms with E-state index in [-0.39, 0.29) is 5.91 Å². The van der Waals surface area contributed by atoms with Gasteiger partial charge in [-0.2, -0.15) is 0 Å². The quantitative estimate of drug-likeness (QED) is 0.811. The van der Waals surface area contributed by atoms with Gasteiger partial charge in [0.2, 0.25) is 5.91 Å². The van der Waals surface area contributed by atoms with Crippen molar-refractivity contribution in [3.63, 3.8) is 0 Å². The minimum absolute atomic E-state index is 0.151. The number of thioether (sulfide) groups is 1. The second-order valence-electron chi connectivity index (χ2n) is 6.02. The third-order valence-corrected chi connectivity index (χ3v) is 5.61. The zero-order valence-corrected chi connectivity index (χ0v) is 15.2. The Bertz CT molecular complexity index is 811. The van der Waals surface area contributed by atoms with Crippen LogP contribution in [0.1, 0.15) is 11.1 Å². The Balaban J connectivity index is 1.37. The van der Waals surface area contributed by atoms with Crippen molar-refractivity contribution < 1.29 is 14.3 Å². The number of ether oxygens (including phenoxy) is 2. The van der Waals surface area contributed by atoms with Crippen molar-refractivity contribution in [2.45, 2.75) is 12.2 Å². The molecule has 2 heterocycles. The Labute approximate surface area is 156 Å². The molecule has 0 aliphatic carbocycles. The number of para-hydroxylation sites is 1. The number of benzene rings is 2. The van der Waals surface area contributed by atoms with Crippen LogP contribution in [0.2, 0.25) is 5.02 Å². The van der Waals surface area contributed by atoms with E-state index in [0.29, 0.717) is 41.2 Å². The van der Waals surface area contributed by atoms with Gasteiger partial charge >= 0.3 is 0 Å². The van der Waals surface area contributed by atoms with Gasteiger partial charge in [0, 0.05) is 18.0 Å². The van der Waals surface area contributed by atoms with Crippen molar-refractivity contribution in [3.8, 4) is 11.5 Å². The molecule has 2 aliphatic rings. The van der Waals surface area contributed by atoms with Gasteiger partial charge in [0.1, 0.15) is 13.2 Å². The van der Waals surface area contributed by atoms with Crippen molar-refractivity contribution in [1.82, 2.24) is 0 Å². The molecule has 2 aromatic carbocycles. The Kier molecular flexibility index (Phi) is 4.77. The highest BCUT2D eigenvalue weighted by molar-refractivity contribution is 7.99. The number of anilines is 1. The topological polar surface area (TPSA) is 38.8 Å². The van der Waals surface area contributed by atoms with Crippen LogP contribution in [0.15, 0.2) is 36.4 Å². The molecule has 0 unspecified atom stereocenters. The van der Waals surface area contributed by atoms with Crippen molar-refractivity contribution in [1.29, 1.82) is 0 Å². The summed E-state index contributed by atoms with van der Waals surface area (Å²) >= 11 is 7.85. The summed E-state index contributed by atoms with van der Waals surface area (Å²) in [6, 6.07) is 11.9. The maximum Gasteiger partial charge on any atom is 0.237 e. The molecule has 0 aromatic heterocycles. The fraction of sp³-hybridized carbons (Fsp3) is 0.316. The molecule has 0 bridgehead atoms. The SMILES string of the molecule is O=C(CSCc1cc(Cl)c2c(c1)OCCO2)N1CCc2ccccc21. The summed E-state index contributed by atoms with van der Waals surface area (Å²) < 4.78 is 11.1. The molecule has 4 nitrogen and oxygen atoms in total. The van der Waals surface area contributed by atoms with Gasteiger partial charge in [-0.25, -0.2) is 0 Å². The van der Waals surface area contributed by atoms with Gasteiger partial charge in [-0.3, -0.25) is 4.79 Å². The molecule has 4 rings (SSSR count). The lowest BCUT2D eigenvalue weighted by Crippen LogP contribution is -2.30. The average molecular weight is 376 g/mol. The lowest BCUT2D eigenvalue weighted by atomic mass is 10.2. The summed E-state index contributed by atoms with van der Waals surface area (Å²) in [6.07, 6.45) is 0.935. The molecule has 0 spiro atoms. The van der Waals surface area contributed by atoms with Gasteiger partial charge in [-0.1, -0.05) is 29.8 Å². The molecule has 130 valence electrons. The summed E-state index contributed by atoms with van der Waals surface area (Å²) in [5.74, 6) is 2.61. The van der Waals surface area contributed by atoms with E-state index in [1.54, 1.807) is 11.8 Å². The first kappa shape index (κ1) is 16.6. The third kappa shape index (κ3) is 3.44. The normalized spacial score (nSPS) is 15.2. The van der Waals surface area contributed by atoms with Gasteiger partial charge in [0.05, 0.1) is 10.8 Å². The van der Waals surface area contributed by atoms with E-state index in [0.717, 1.165) is 24.2 Å². The van der Waals surface area contributed by atoms with Crippen LogP contribution in [0.4, 0.5) is 5.69 Å². The summed E-state index contributed by atoms with van der Waals surface area (Å²) in [5, 5.41) is 0.563. The standard InChI is InChI=1S/C19H18ClNO3S/c20-15-9-13(10-17-19(15)24-8-7-23-17)11-25-12-18(22)21-6-5-14-3-1-2-4-16(14)21/h1-4,9-10H,5-8,11-12H2. The van der Waals surface area contributed by atoms with Crippen molar-refractivity contribution in [2.24, 2.45) is 0 Å². The first-order chi connectivity index (χ1) is 12.2. The Morgan fingerprint density at radius 3 is 2.96 bits per heavy atom. The van der Waals surface area contributed by atoms with E-state index >= 15 is 0 Å². The van der Waals surface area contributed by atoms with E-state index in [1.165, 1.54) is 5.56 Å². The number of fused-ring (bicyclic) bond motifs is 2. The van der Waals surface area contributed by atoms with Gasteiger partial charge in [0.25, 0.3) is 0 Å². The van der Waals surface area contributed by atoms with Crippen LogP contribution in [0, 0.1) is 0 Å². The van der Waals surface area contributed by atoms with Gasteiger partial charge < -0.3 is 14.4 Å². The Hall–Kier alpha value is -1.85. The molecule has 6 heteroatoms. The van der Waals surface area contributed by atoms with Crippen LogP contribution < -0.4 is 14.4 Å². The number of hydrogen-bond acceptors (Lipinski definition) is 4. The predicted octanol–water partition coefficient (Wildman–Crippen LogP) is 3.93. The molecule has 2 aromatic rings.